The van der Waals surface area contributed by atoms with Gasteiger partial charge in [-0.1, -0.05) is 5.16 Å². The van der Waals surface area contributed by atoms with Crippen LogP contribution < -0.4 is 0 Å². The molecule has 1 aliphatic heterocycles. The molecule has 0 aromatic heterocycles. The molecule has 1 amide bonds. The number of carbonyl (C=O) groups is 1. The number of nitrogens with zero attached hydrogens (tertiary/aromatic N) is 2. The minimum absolute atomic E-state index is 0.143. The lowest BCUT2D eigenvalue weighted by atomic mass is 10.2. The van der Waals surface area contributed by atoms with Crippen LogP contribution in [0.25, 0.3) is 0 Å². The molecule has 2 atom stereocenters. The summed E-state index contributed by atoms with van der Waals surface area (Å²) >= 11 is 0. The molecule has 0 saturated carbocycles. The quantitative estimate of drug-likeness (QED) is 0.544. The number of carbonyl (C=O) groups excluding carboxylic acids is 1. The molecule has 1 saturated heterocycles. The van der Waals surface area contributed by atoms with Crippen LogP contribution in [-0.2, 0) is 9.63 Å². The van der Waals surface area contributed by atoms with Crippen molar-refractivity contribution < 1.29 is 9.63 Å². The molecule has 1 heterocycles. The number of likely N-dealkylation sites (tertiary alicyclic amines) is 1. The monoisotopic (exact) mass is 226 g/mol. The number of oxime groups is 1. The average molecular weight is 226 g/mol. The highest BCUT2D eigenvalue weighted by Crippen LogP contribution is 2.18. The van der Waals surface area contributed by atoms with Crippen molar-refractivity contribution >= 4 is 11.6 Å². The van der Waals surface area contributed by atoms with Crippen LogP contribution in [0.4, 0.5) is 0 Å². The first-order valence-corrected chi connectivity index (χ1v) is 5.97. The Morgan fingerprint density at radius 1 is 1.56 bits per heavy atom. The third-order valence-corrected chi connectivity index (χ3v) is 2.75. The van der Waals surface area contributed by atoms with Crippen molar-refractivity contribution in [3.63, 3.8) is 0 Å². The van der Waals surface area contributed by atoms with Crippen LogP contribution in [0.3, 0.4) is 0 Å². The minimum atomic E-state index is -0.143. The summed E-state index contributed by atoms with van der Waals surface area (Å²) in [7, 11) is 0. The highest BCUT2D eigenvalue weighted by atomic mass is 16.6. The Bertz CT molecular complexity index is 272. The SMILES string of the molecule is CC(C)=NOC(C)CC(=O)N1CCCC1C. The van der Waals surface area contributed by atoms with E-state index in [2.05, 4.69) is 12.1 Å². The van der Waals surface area contributed by atoms with Gasteiger partial charge in [0.2, 0.25) is 5.91 Å². The van der Waals surface area contributed by atoms with Crippen molar-refractivity contribution in [2.45, 2.75) is 59.1 Å². The Hall–Kier alpha value is -1.06. The van der Waals surface area contributed by atoms with Crippen LogP contribution in [-0.4, -0.2) is 35.2 Å². The van der Waals surface area contributed by atoms with Gasteiger partial charge in [-0.15, -0.1) is 0 Å². The van der Waals surface area contributed by atoms with Crippen LogP contribution in [0.1, 0.15) is 47.0 Å². The zero-order chi connectivity index (χ0) is 12.1. The molecular weight excluding hydrogens is 204 g/mol. The first-order chi connectivity index (χ1) is 7.50. The number of rotatable bonds is 4. The van der Waals surface area contributed by atoms with E-state index in [0.717, 1.165) is 25.1 Å². The van der Waals surface area contributed by atoms with Crippen LogP contribution in [0.2, 0.25) is 0 Å². The van der Waals surface area contributed by atoms with Crippen LogP contribution in [0, 0.1) is 0 Å². The van der Waals surface area contributed by atoms with E-state index in [-0.39, 0.29) is 12.0 Å². The van der Waals surface area contributed by atoms with E-state index in [0.29, 0.717) is 12.5 Å². The van der Waals surface area contributed by atoms with Gasteiger partial charge in [-0.3, -0.25) is 4.79 Å². The molecule has 16 heavy (non-hydrogen) atoms. The summed E-state index contributed by atoms with van der Waals surface area (Å²) in [6.45, 7) is 8.62. The molecule has 4 nitrogen and oxygen atoms in total. The van der Waals surface area contributed by atoms with Crippen molar-refractivity contribution in [2.75, 3.05) is 6.54 Å². The summed E-state index contributed by atoms with van der Waals surface area (Å²) in [6, 6.07) is 0.385. The van der Waals surface area contributed by atoms with Crippen molar-refractivity contribution in [2.24, 2.45) is 5.16 Å². The Morgan fingerprint density at radius 3 is 2.75 bits per heavy atom. The van der Waals surface area contributed by atoms with E-state index in [9.17, 15) is 4.79 Å². The fourth-order valence-electron chi connectivity index (χ4n) is 1.90. The number of amides is 1. The highest BCUT2D eigenvalue weighted by molar-refractivity contribution is 5.78. The summed E-state index contributed by atoms with van der Waals surface area (Å²) in [4.78, 5) is 19.1. The first-order valence-electron chi connectivity index (χ1n) is 5.97. The predicted octanol–water partition coefficient (Wildman–Crippen LogP) is 2.19. The lowest BCUT2D eigenvalue weighted by Crippen LogP contribution is -2.35. The Balaban J connectivity index is 2.36. The third-order valence-electron chi connectivity index (χ3n) is 2.75. The fraction of sp³-hybridized carbons (Fsp3) is 0.833. The molecule has 1 rings (SSSR count). The number of hydrogen-bond donors (Lipinski definition) is 0. The molecule has 92 valence electrons. The fourth-order valence-corrected chi connectivity index (χ4v) is 1.90. The second kappa shape index (κ2) is 5.87. The largest absolute Gasteiger partial charge is 0.392 e. The third kappa shape index (κ3) is 3.83. The van der Waals surface area contributed by atoms with E-state index in [1.165, 1.54) is 0 Å². The van der Waals surface area contributed by atoms with Gasteiger partial charge in [0.15, 0.2) is 0 Å². The van der Waals surface area contributed by atoms with Gasteiger partial charge in [0.1, 0.15) is 6.10 Å². The van der Waals surface area contributed by atoms with Gasteiger partial charge in [0.25, 0.3) is 0 Å². The maximum absolute atomic E-state index is 11.9. The van der Waals surface area contributed by atoms with E-state index in [1.54, 1.807) is 0 Å². The maximum atomic E-state index is 11.9. The molecular formula is C12H22N2O2. The molecule has 0 N–H and O–H groups in total. The smallest absolute Gasteiger partial charge is 0.226 e. The van der Waals surface area contributed by atoms with Gasteiger partial charge in [-0.2, -0.15) is 0 Å². The summed E-state index contributed by atoms with van der Waals surface area (Å²) < 4.78 is 0. The lowest BCUT2D eigenvalue weighted by Gasteiger charge is -2.22. The molecule has 0 aromatic carbocycles. The molecule has 0 bridgehead atoms. The molecule has 0 aromatic rings. The van der Waals surface area contributed by atoms with E-state index in [1.807, 2.05) is 25.7 Å². The highest BCUT2D eigenvalue weighted by Gasteiger charge is 2.26. The molecule has 1 aliphatic rings. The normalized spacial score (nSPS) is 21.8. The molecule has 0 aliphatic carbocycles. The maximum Gasteiger partial charge on any atom is 0.226 e. The van der Waals surface area contributed by atoms with Gasteiger partial charge >= 0.3 is 0 Å². The molecule has 2 unspecified atom stereocenters. The summed E-state index contributed by atoms with van der Waals surface area (Å²) in [5, 5.41) is 3.87. The molecule has 0 spiro atoms. The number of hydrogen-bond acceptors (Lipinski definition) is 3. The topological polar surface area (TPSA) is 41.9 Å². The molecule has 4 heteroatoms. The molecule has 0 radical (unpaired) electrons. The second-order valence-electron chi connectivity index (χ2n) is 4.74. The van der Waals surface area contributed by atoms with Crippen molar-refractivity contribution in [3.05, 3.63) is 0 Å². The van der Waals surface area contributed by atoms with E-state index >= 15 is 0 Å². The standard InChI is InChI=1S/C12H22N2O2/c1-9(2)13-16-11(4)8-12(15)14-7-5-6-10(14)3/h10-11H,5-8H2,1-4H3. The predicted molar refractivity (Wildman–Crippen MR) is 64.4 cm³/mol. The second-order valence-corrected chi connectivity index (χ2v) is 4.74. The van der Waals surface area contributed by atoms with Crippen LogP contribution in [0.15, 0.2) is 5.16 Å². The van der Waals surface area contributed by atoms with Gasteiger partial charge in [-0.25, -0.2) is 0 Å². The van der Waals surface area contributed by atoms with Gasteiger partial charge in [-0.05, 0) is 40.5 Å². The van der Waals surface area contributed by atoms with E-state index < -0.39 is 0 Å². The zero-order valence-electron chi connectivity index (χ0n) is 10.7. The van der Waals surface area contributed by atoms with Gasteiger partial charge in [0.05, 0.1) is 12.1 Å². The zero-order valence-corrected chi connectivity index (χ0v) is 10.7. The van der Waals surface area contributed by atoms with Crippen molar-refractivity contribution in [1.82, 2.24) is 4.90 Å². The summed E-state index contributed by atoms with van der Waals surface area (Å²) in [5.74, 6) is 0.182. The molecule has 1 fully saturated rings. The lowest BCUT2D eigenvalue weighted by molar-refractivity contribution is -0.134. The first kappa shape index (κ1) is 13.0. The van der Waals surface area contributed by atoms with Crippen molar-refractivity contribution in [1.29, 1.82) is 0 Å². The minimum Gasteiger partial charge on any atom is -0.392 e. The van der Waals surface area contributed by atoms with Gasteiger partial charge < -0.3 is 9.74 Å². The van der Waals surface area contributed by atoms with Crippen LogP contribution >= 0.6 is 0 Å². The van der Waals surface area contributed by atoms with Crippen LogP contribution in [0.5, 0.6) is 0 Å². The van der Waals surface area contributed by atoms with Gasteiger partial charge in [0, 0.05) is 12.6 Å². The summed E-state index contributed by atoms with van der Waals surface area (Å²) in [5.41, 5.74) is 0.869. The Kier molecular flexibility index (Phi) is 4.77. The Morgan fingerprint density at radius 2 is 2.25 bits per heavy atom. The average Bonchev–Trinajstić information content (AvgIpc) is 2.61. The van der Waals surface area contributed by atoms with Crippen molar-refractivity contribution in [3.8, 4) is 0 Å². The Labute approximate surface area is 97.6 Å². The van der Waals surface area contributed by atoms with E-state index in [4.69, 9.17) is 4.84 Å². The summed E-state index contributed by atoms with van der Waals surface area (Å²) in [6.07, 6.45) is 2.51.